The van der Waals surface area contributed by atoms with Crippen molar-refractivity contribution in [2.75, 3.05) is 13.6 Å². The molecule has 140 valence electrons. The predicted octanol–water partition coefficient (Wildman–Crippen LogP) is 2.85. The van der Waals surface area contributed by atoms with Gasteiger partial charge in [0.1, 0.15) is 0 Å². The van der Waals surface area contributed by atoms with Gasteiger partial charge < -0.3 is 10.6 Å². The fourth-order valence-corrected chi connectivity index (χ4v) is 5.03. The van der Waals surface area contributed by atoms with Crippen molar-refractivity contribution in [3.63, 3.8) is 0 Å². The number of rotatable bonds is 7. The van der Waals surface area contributed by atoms with Crippen LogP contribution >= 0.6 is 0 Å². The average Bonchev–Trinajstić information content (AvgIpc) is 3.14. The van der Waals surface area contributed by atoms with Crippen LogP contribution in [0, 0.1) is 5.92 Å². The van der Waals surface area contributed by atoms with Crippen LogP contribution in [-0.2, 0) is 9.84 Å². The summed E-state index contributed by atoms with van der Waals surface area (Å²) < 4.78 is 25.2. The lowest BCUT2D eigenvalue weighted by Crippen LogP contribution is -2.34. The average molecular weight is 367 g/mol. The Bertz CT molecular complexity index is 677. The van der Waals surface area contributed by atoms with Crippen molar-refractivity contribution in [3.8, 4) is 0 Å². The van der Waals surface area contributed by atoms with E-state index in [1.807, 2.05) is 0 Å². The van der Waals surface area contributed by atoms with Gasteiger partial charge in [-0.1, -0.05) is 26.7 Å². The molecule has 1 atom stereocenters. The number of hydrogen-bond donors (Lipinski definition) is 1. The molecule has 0 aliphatic heterocycles. The smallest absolute Gasteiger partial charge is 0.253 e. The van der Waals surface area contributed by atoms with E-state index in [4.69, 9.17) is 5.73 Å². The van der Waals surface area contributed by atoms with Crippen molar-refractivity contribution >= 4 is 15.7 Å². The highest BCUT2D eigenvalue weighted by Crippen LogP contribution is 2.29. The summed E-state index contributed by atoms with van der Waals surface area (Å²) in [6.45, 7) is 4.71. The summed E-state index contributed by atoms with van der Waals surface area (Å²) in [5.41, 5.74) is 6.53. The van der Waals surface area contributed by atoms with E-state index in [9.17, 15) is 13.2 Å². The molecule has 0 aromatic heterocycles. The van der Waals surface area contributed by atoms with Crippen molar-refractivity contribution in [1.29, 1.82) is 0 Å². The van der Waals surface area contributed by atoms with E-state index in [0.29, 0.717) is 22.9 Å². The van der Waals surface area contributed by atoms with Crippen molar-refractivity contribution < 1.29 is 13.2 Å². The molecule has 1 aliphatic rings. The third kappa shape index (κ3) is 4.82. The molecule has 1 aromatic rings. The van der Waals surface area contributed by atoms with Crippen LogP contribution in [0.5, 0.6) is 0 Å². The molecular formula is C19H30N2O3S. The summed E-state index contributed by atoms with van der Waals surface area (Å²) in [7, 11) is -1.53. The Morgan fingerprint density at radius 3 is 2.28 bits per heavy atom. The summed E-state index contributed by atoms with van der Waals surface area (Å²) in [5.74, 6) is 0.268. The SMILES string of the molecule is CC(C)C(N)CCN(C)C(=O)c1ccc(S(=O)(=O)C2CCCC2)cc1. The van der Waals surface area contributed by atoms with Crippen molar-refractivity contribution in [2.45, 2.75) is 62.1 Å². The third-order valence-corrected chi connectivity index (χ3v) is 7.45. The lowest BCUT2D eigenvalue weighted by Gasteiger charge is -2.21. The third-order valence-electron chi connectivity index (χ3n) is 5.17. The van der Waals surface area contributed by atoms with Crippen LogP contribution in [0.25, 0.3) is 0 Å². The Morgan fingerprint density at radius 2 is 1.76 bits per heavy atom. The van der Waals surface area contributed by atoms with Gasteiger partial charge in [-0.3, -0.25) is 4.79 Å². The fourth-order valence-electron chi connectivity index (χ4n) is 3.18. The minimum absolute atomic E-state index is 0.0641. The Kier molecular flexibility index (Phi) is 6.63. The monoisotopic (exact) mass is 366 g/mol. The Labute approximate surface area is 151 Å². The first-order valence-corrected chi connectivity index (χ1v) is 10.6. The van der Waals surface area contributed by atoms with Crippen LogP contribution < -0.4 is 5.73 Å². The van der Waals surface area contributed by atoms with Crippen molar-refractivity contribution in [3.05, 3.63) is 29.8 Å². The summed E-state index contributed by atoms with van der Waals surface area (Å²) in [5, 5.41) is -0.269. The molecule has 1 fully saturated rings. The van der Waals surface area contributed by atoms with Gasteiger partial charge in [0.2, 0.25) is 0 Å². The molecule has 2 N–H and O–H groups in total. The second-order valence-electron chi connectivity index (χ2n) is 7.40. The highest BCUT2D eigenvalue weighted by molar-refractivity contribution is 7.92. The Hall–Kier alpha value is -1.40. The molecule has 1 aliphatic carbocycles. The minimum atomic E-state index is -3.27. The molecule has 0 bridgehead atoms. The minimum Gasteiger partial charge on any atom is -0.342 e. The molecule has 1 amide bonds. The highest BCUT2D eigenvalue weighted by atomic mass is 32.2. The number of hydrogen-bond acceptors (Lipinski definition) is 4. The molecule has 0 saturated heterocycles. The van der Waals surface area contributed by atoms with Gasteiger partial charge >= 0.3 is 0 Å². The normalized spacial score (nSPS) is 17.0. The van der Waals surface area contributed by atoms with E-state index in [1.165, 1.54) is 0 Å². The topological polar surface area (TPSA) is 80.5 Å². The van der Waals surface area contributed by atoms with Crippen LogP contribution in [0.4, 0.5) is 0 Å². The van der Waals surface area contributed by atoms with Gasteiger partial charge in [0, 0.05) is 25.2 Å². The van der Waals surface area contributed by atoms with E-state index in [-0.39, 0.29) is 17.2 Å². The summed E-state index contributed by atoms with van der Waals surface area (Å²) in [4.78, 5) is 14.4. The van der Waals surface area contributed by atoms with Gasteiger partial charge in [-0.25, -0.2) is 8.42 Å². The van der Waals surface area contributed by atoms with E-state index < -0.39 is 9.84 Å². The van der Waals surface area contributed by atoms with Gasteiger partial charge in [0.25, 0.3) is 5.91 Å². The summed E-state index contributed by atoms with van der Waals surface area (Å²) in [6.07, 6.45) is 4.17. The van der Waals surface area contributed by atoms with Gasteiger partial charge in [0.05, 0.1) is 10.1 Å². The molecule has 0 heterocycles. The number of benzene rings is 1. The standard InChI is InChI=1S/C19H30N2O3S/c1-14(2)18(20)12-13-21(3)19(22)15-8-10-17(11-9-15)25(23,24)16-6-4-5-7-16/h8-11,14,16,18H,4-7,12-13,20H2,1-3H3. The van der Waals surface area contributed by atoms with Crippen LogP contribution in [0.2, 0.25) is 0 Å². The van der Waals surface area contributed by atoms with E-state index >= 15 is 0 Å². The molecule has 0 spiro atoms. The molecule has 25 heavy (non-hydrogen) atoms. The first kappa shape index (κ1) is 19.9. The second kappa shape index (κ2) is 8.32. The van der Waals surface area contributed by atoms with Crippen LogP contribution in [-0.4, -0.2) is 44.1 Å². The van der Waals surface area contributed by atoms with Crippen molar-refractivity contribution in [2.24, 2.45) is 11.7 Å². The molecule has 0 radical (unpaired) electrons. The maximum Gasteiger partial charge on any atom is 0.253 e. The molecule has 1 saturated carbocycles. The van der Waals surface area contributed by atoms with Crippen LogP contribution in [0.1, 0.15) is 56.3 Å². The lowest BCUT2D eigenvalue weighted by molar-refractivity contribution is 0.0789. The maximum absolute atomic E-state index is 12.6. The Morgan fingerprint density at radius 1 is 1.20 bits per heavy atom. The van der Waals surface area contributed by atoms with Crippen LogP contribution in [0.3, 0.4) is 0 Å². The number of nitrogens with two attached hydrogens (primary N) is 1. The largest absolute Gasteiger partial charge is 0.342 e. The zero-order valence-electron chi connectivity index (χ0n) is 15.4. The number of amides is 1. The number of nitrogens with zero attached hydrogens (tertiary/aromatic N) is 1. The summed E-state index contributed by atoms with van der Waals surface area (Å²) in [6, 6.07) is 6.42. The van der Waals surface area contributed by atoms with Gasteiger partial charge in [-0.2, -0.15) is 0 Å². The molecule has 2 rings (SSSR count). The van der Waals surface area contributed by atoms with Gasteiger partial charge in [0.15, 0.2) is 9.84 Å². The first-order valence-electron chi connectivity index (χ1n) is 9.08. The van der Waals surface area contributed by atoms with E-state index in [2.05, 4.69) is 13.8 Å². The molecular weight excluding hydrogens is 336 g/mol. The van der Waals surface area contributed by atoms with Gasteiger partial charge in [-0.05, 0) is 49.4 Å². The van der Waals surface area contributed by atoms with E-state index in [0.717, 1.165) is 32.1 Å². The van der Waals surface area contributed by atoms with Gasteiger partial charge in [-0.15, -0.1) is 0 Å². The lowest BCUT2D eigenvalue weighted by atomic mass is 10.0. The number of carbonyl (C=O) groups excluding carboxylic acids is 1. The molecule has 1 unspecified atom stereocenters. The summed E-state index contributed by atoms with van der Waals surface area (Å²) >= 11 is 0. The van der Waals surface area contributed by atoms with Crippen LogP contribution in [0.15, 0.2) is 29.2 Å². The predicted molar refractivity (Wildman–Crippen MR) is 100 cm³/mol. The maximum atomic E-state index is 12.6. The second-order valence-corrected chi connectivity index (χ2v) is 9.63. The fraction of sp³-hybridized carbons (Fsp3) is 0.632. The molecule has 5 nitrogen and oxygen atoms in total. The molecule has 1 aromatic carbocycles. The Balaban J connectivity index is 2.02. The molecule has 6 heteroatoms. The number of carbonyl (C=O) groups is 1. The highest BCUT2D eigenvalue weighted by Gasteiger charge is 2.30. The number of sulfone groups is 1. The quantitative estimate of drug-likeness (QED) is 0.804. The zero-order chi connectivity index (χ0) is 18.6. The zero-order valence-corrected chi connectivity index (χ0v) is 16.3. The first-order chi connectivity index (χ1) is 11.7. The van der Waals surface area contributed by atoms with E-state index in [1.54, 1.807) is 36.2 Å². The van der Waals surface area contributed by atoms with Crippen molar-refractivity contribution in [1.82, 2.24) is 4.90 Å².